The molecule has 0 bridgehead atoms. The van der Waals surface area contributed by atoms with Gasteiger partial charge in [-0.05, 0) is 62.5 Å². The number of nitrogens with two attached hydrogens (primary N) is 1. The first-order valence-electron chi connectivity index (χ1n) is 11.6. The zero-order valence-electron chi connectivity index (χ0n) is 18.5. The van der Waals surface area contributed by atoms with E-state index in [1.165, 1.54) is 24.8 Å². The first-order chi connectivity index (χ1) is 15.6. The van der Waals surface area contributed by atoms with E-state index in [0.717, 1.165) is 68.0 Å². The summed E-state index contributed by atoms with van der Waals surface area (Å²) < 4.78 is 4.27. The number of carbonyl (C=O) groups excluding carboxylic acids is 1. The van der Waals surface area contributed by atoms with Crippen LogP contribution >= 0.6 is 11.9 Å². The summed E-state index contributed by atoms with van der Waals surface area (Å²) in [5.41, 5.74) is 9.21. The molecule has 1 amide bonds. The topological polar surface area (TPSA) is 98.6 Å². The lowest BCUT2D eigenvalue weighted by Gasteiger charge is -2.43. The van der Waals surface area contributed by atoms with Crippen molar-refractivity contribution in [2.75, 3.05) is 30.8 Å². The number of hydrogen-bond acceptors (Lipinski definition) is 7. The van der Waals surface area contributed by atoms with Crippen molar-refractivity contribution in [2.24, 2.45) is 22.0 Å². The molecule has 5 rings (SSSR count). The molecule has 1 aromatic rings. The van der Waals surface area contributed by atoms with Crippen LogP contribution in [0.15, 0.2) is 16.7 Å². The van der Waals surface area contributed by atoms with E-state index in [4.69, 9.17) is 10.7 Å². The molecular formula is C24H30N6OS. The minimum absolute atomic E-state index is 0.238. The SMILES string of the molecule is CSN=CC(=CN)c1cc(C#N)c(N2CCN(C(=O)C3CC3)C(C3CC3)C2)nc1C1CC1. The number of carbonyl (C=O) groups is 1. The number of anilines is 1. The molecule has 4 fully saturated rings. The summed E-state index contributed by atoms with van der Waals surface area (Å²) in [5.74, 6) is 2.35. The Morgan fingerprint density at radius 2 is 2.06 bits per heavy atom. The maximum atomic E-state index is 12.9. The molecule has 3 aliphatic carbocycles. The number of amides is 1. The Morgan fingerprint density at radius 1 is 1.28 bits per heavy atom. The van der Waals surface area contributed by atoms with Crippen molar-refractivity contribution in [1.29, 1.82) is 5.26 Å². The summed E-state index contributed by atoms with van der Waals surface area (Å²) in [7, 11) is 0. The van der Waals surface area contributed by atoms with Crippen LogP contribution in [0.2, 0.25) is 0 Å². The van der Waals surface area contributed by atoms with Gasteiger partial charge in [-0.2, -0.15) is 5.26 Å². The van der Waals surface area contributed by atoms with Gasteiger partial charge in [0.05, 0.1) is 17.3 Å². The molecule has 0 spiro atoms. The number of pyridine rings is 1. The number of nitriles is 1. The van der Waals surface area contributed by atoms with E-state index in [0.29, 0.717) is 23.3 Å². The number of piperazine rings is 1. The van der Waals surface area contributed by atoms with Crippen molar-refractivity contribution in [3.8, 4) is 6.07 Å². The summed E-state index contributed by atoms with van der Waals surface area (Å²) in [5, 5.41) is 9.99. The highest BCUT2D eigenvalue weighted by Crippen LogP contribution is 2.44. The Balaban J connectivity index is 1.47. The van der Waals surface area contributed by atoms with Crippen LogP contribution in [0.3, 0.4) is 0 Å². The Bertz CT molecular complexity index is 1000. The van der Waals surface area contributed by atoms with Crippen LogP contribution in [0, 0.1) is 23.2 Å². The summed E-state index contributed by atoms with van der Waals surface area (Å²) in [6, 6.07) is 4.55. The van der Waals surface area contributed by atoms with Crippen LogP contribution in [0.1, 0.15) is 61.3 Å². The lowest BCUT2D eigenvalue weighted by atomic mass is 9.99. The number of rotatable bonds is 7. The molecule has 0 aromatic carbocycles. The zero-order valence-corrected chi connectivity index (χ0v) is 19.4. The van der Waals surface area contributed by atoms with E-state index in [2.05, 4.69) is 20.3 Å². The van der Waals surface area contributed by atoms with Crippen LogP contribution in [0.5, 0.6) is 0 Å². The van der Waals surface area contributed by atoms with Crippen LogP contribution < -0.4 is 10.6 Å². The Kier molecular flexibility index (Phi) is 5.85. The standard InChI is InChI=1S/C24H30N6OS/c1-32-27-13-19(12-26)20-10-18(11-25)23(28-22(20)16-4-5-16)29-8-9-30(24(31)17-6-7-17)21(14-29)15-2-3-15/h10,12-13,15-17,21H,2-9,14,26H2,1H3. The van der Waals surface area contributed by atoms with E-state index < -0.39 is 0 Å². The molecule has 8 heteroatoms. The van der Waals surface area contributed by atoms with Gasteiger partial charge in [-0.1, -0.05) is 0 Å². The van der Waals surface area contributed by atoms with Crippen molar-refractivity contribution < 1.29 is 4.79 Å². The molecule has 2 N–H and O–H groups in total. The number of hydrogen-bond donors (Lipinski definition) is 1. The molecular weight excluding hydrogens is 420 g/mol. The van der Waals surface area contributed by atoms with Crippen molar-refractivity contribution >= 4 is 35.5 Å². The van der Waals surface area contributed by atoms with Gasteiger partial charge in [-0.25, -0.2) is 9.38 Å². The minimum atomic E-state index is 0.238. The third-order valence-electron chi connectivity index (χ3n) is 7.00. The molecule has 3 saturated carbocycles. The highest BCUT2D eigenvalue weighted by atomic mass is 32.2. The van der Waals surface area contributed by atoms with Gasteiger partial charge < -0.3 is 15.5 Å². The Hall–Kier alpha value is -2.53. The highest BCUT2D eigenvalue weighted by Gasteiger charge is 2.45. The first-order valence-corrected chi connectivity index (χ1v) is 12.8. The van der Waals surface area contributed by atoms with Gasteiger partial charge in [0, 0.05) is 61.3 Å². The monoisotopic (exact) mass is 450 g/mol. The first kappa shape index (κ1) is 21.3. The maximum Gasteiger partial charge on any atom is 0.226 e. The summed E-state index contributed by atoms with van der Waals surface area (Å²) in [4.78, 5) is 22.3. The molecule has 1 aromatic heterocycles. The average molecular weight is 451 g/mol. The number of nitrogens with zero attached hydrogens (tertiary/aromatic N) is 5. The maximum absolute atomic E-state index is 12.9. The number of aromatic nitrogens is 1. The van der Waals surface area contributed by atoms with Gasteiger partial charge in [0.15, 0.2) is 0 Å². The van der Waals surface area contributed by atoms with Gasteiger partial charge in [-0.15, -0.1) is 0 Å². The third-order valence-corrected chi connectivity index (χ3v) is 7.31. The van der Waals surface area contributed by atoms with Gasteiger partial charge >= 0.3 is 0 Å². The van der Waals surface area contributed by atoms with Crippen molar-refractivity contribution in [3.05, 3.63) is 29.1 Å². The van der Waals surface area contributed by atoms with Gasteiger partial charge in [-0.3, -0.25) is 4.79 Å². The Morgan fingerprint density at radius 3 is 2.66 bits per heavy atom. The summed E-state index contributed by atoms with van der Waals surface area (Å²) >= 11 is 1.37. The van der Waals surface area contributed by atoms with E-state index in [1.807, 2.05) is 12.3 Å². The van der Waals surface area contributed by atoms with Crippen LogP contribution in [-0.4, -0.2) is 53.9 Å². The minimum Gasteiger partial charge on any atom is -0.404 e. The van der Waals surface area contributed by atoms with Gasteiger partial charge in [0.2, 0.25) is 5.91 Å². The van der Waals surface area contributed by atoms with Crippen LogP contribution in [0.4, 0.5) is 5.82 Å². The smallest absolute Gasteiger partial charge is 0.226 e. The second-order valence-electron chi connectivity index (χ2n) is 9.37. The van der Waals surface area contributed by atoms with E-state index in [-0.39, 0.29) is 12.0 Å². The lowest BCUT2D eigenvalue weighted by Crippen LogP contribution is -2.57. The van der Waals surface area contributed by atoms with Gasteiger partial charge in [0.25, 0.3) is 0 Å². The molecule has 7 nitrogen and oxygen atoms in total. The molecule has 0 radical (unpaired) electrons. The van der Waals surface area contributed by atoms with Crippen LogP contribution in [-0.2, 0) is 4.79 Å². The fourth-order valence-electron chi connectivity index (χ4n) is 4.78. The van der Waals surface area contributed by atoms with E-state index in [9.17, 15) is 10.1 Å². The molecule has 1 saturated heterocycles. The van der Waals surface area contributed by atoms with Crippen molar-refractivity contribution in [3.63, 3.8) is 0 Å². The quantitative estimate of drug-likeness (QED) is 0.505. The fraction of sp³-hybridized carbons (Fsp3) is 0.583. The van der Waals surface area contributed by atoms with E-state index in [1.54, 1.807) is 12.4 Å². The lowest BCUT2D eigenvalue weighted by molar-refractivity contribution is -0.135. The largest absolute Gasteiger partial charge is 0.404 e. The third kappa shape index (κ3) is 4.23. The second kappa shape index (κ2) is 8.78. The molecule has 2 heterocycles. The second-order valence-corrected chi connectivity index (χ2v) is 9.95. The summed E-state index contributed by atoms with van der Waals surface area (Å²) in [6.07, 6.45) is 11.9. The fourth-order valence-corrected chi connectivity index (χ4v) is 5.00. The molecule has 4 aliphatic rings. The van der Waals surface area contributed by atoms with Crippen molar-refractivity contribution in [1.82, 2.24) is 9.88 Å². The molecule has 32 heavy (non-hydrogen) atoms. The molecule has 1 atom stereocenters. The molecule has 1 unspecified atom stereocenters. The van der Waals surface area contributed by atoms with Crippen LogP contribution in [0.25, 0.3) is 5.57 Å². The van der Waals surface area contributed by atoms with Gasteiger partial charge in [0.1, 0.15) is 11.9 Å². The summed E-state index contributed by atoms with van der Waals surface area (Å²) in [6.45, 7) is 2.21. The predicted molar refractivity (Wildman–Crippen MR) is 128 cm³/mol. The Labute approximate surface area is 193 Å². The molecule has 168 valence electrons. The molecule has 1 aliphatic heterocycles. The van der Waals surface area contributed by atoms with Crippen molar-refractivity contribution in [2.45, 2.75) is 50.5 Å². The number of allylic oxidation sites excluding steroid dienone is 1. The normalized spacial score (nSPS) is 24.1. The predicted octanol–water partition coefficient (Wildman–Crippen LogP) is 3.32. The average Bonchev–Trinajstić information content (AvgIpc) is 3.68. The highest BCUT2D eigenvalue weighted by molar-refractivity contribution is 7.97. The zero-order chi connectivity index (χ0) is 22.2. The van der Waals surface area contributed by atoms with E-state index >= 15 is 0 Å².